The largest absolute Gasteiger partial charge is 0.383 e. The summed E-state index contributed by atoms with van der Waals surface area (Å²) in [6.45, 7) is 2.13. The summed E-state index contributed by atoms with van der Waals surface area (Å²) >= 11 is 0. The van der Waals surface area contributed by atoms with Gasteiger partial charge in [0.15, 0.2) is 0 Å². The van der Waals surface area contributed by atoms with Crippen molar-refractivity contribution in [2.75, 3.05) is 26.8 Å². The maximum absolute atomic E-state index is 13.3. The van der Waals surface area contributed by atoms with Gasteiger partial charge in [-0.05, 0) is 44.4 Å². The first kappa shape index (κ1) is 17.2. The summed E-state index contributed by atoms with van der Waals surface area (Å²) in [5, 5.41) is 4.53. The number of allylic oxidation sites excluding steroid dienone is 2. The summed E-state index contributed by atoms with van der Waals surface area (Å²) in [6.07, 6.45) is 12.9. The van der Waals surface area contributed by atoms with Crippen LogP contribution < -0.4 is 0 Å². The maximum atomic E-state index is 13.3. The van der Waals surface area contributed by atoms with Crippen LogP contribution in [0.25, 0.3) is 0 Å². The topological polar surface area (TPSA) is 47.4 Å². The average molecular weight is 331 g/mol. The van der Waals surface area contributed by atoms with Gasteiger partial charge in [-0.25, -0.2) is 0 Å². The van der Waals surface area contributed by atoms with Crippen LogP contribution >= 0.6 is 0 Å². The van der Waals surface area contributed by atoms with E-state index in [1.54, 1.807) is 7.11 Å². The van der Waals surface area contributed by atoms with Gasteiger partial charge < -0.3 is 9.64 Å². The molecule has 0 fully saturated rings. The van der Waals surface area contributed by atoms with Crippen LogP contribution in [0.5, 0.6) is 0 Å². The van der Waals surface area contributed by atoms with Crippen molar-refractivity contribution >= 4 is 5.91 Å². The number of nitrogens with zero attached hydrogens (tertiary/aromatic N) is 3. The lowest BCUT2D eigenvalue weighted by atomic mass is 9.85. The second-order valence-corrected chi connectivity index (χ2v) is 7.08. The van der Waals surface area contributed by atoms with E-state index in [1.807, 2.05) is 22.8 Å². The number of aromatic nitrogens is 2. The van der Waals surface area contributed by atoms with Crippen LogP contribution in [0.3, 0.4) is 0 Å². The van der Waals surface area contributed by atoms with Crippen LogP contribution in [0, 0.1) is 5.92 Å². The van der Waals surface area contributed by atoms with Crippen molar-refractivity contribution in [3.63, 3.8) is 0 Å². The van der Waals surface area contributed by atoms with Crippen molar-refractivity contribution in [2.24, 2.45) is 13.0 Å². The molecule has 0 aliphatic heterocycles. The molecule has 0 aromatic carbocycles. The van der Waals surface area contributed by atoms with E-state index in [9.17, 15) is 4.79 Å². The van der Waals surface area contributed by atoms with Gasteiger partial charge in [0.1, 0.15) is 0 Å². The Morgan fingerprint density at radius 3 is 3.04 bits per heavy atom. The SMILES string of the molecule is COCCN(C[C@@H]1CC=CCC1)C(=O)[C@H]1CCCc2nn(C)cc21. The fourth-order valence-electron chi connectivity index (χ4n) is 3.97. The molecule has 0 spiro atoms. The zero-order valence-corrected chi connectivity index (χ0v) is 14.9. The highest BCUT2D eigenvalue weighted by Crippen LogP contribution is 2.33. The van der Waals surface area contributed by atoms with E-state index in [4.69, 9.17) is 4.74 Å². The first-order valence-electron chi connectivity index (χ1n) is 9.14. The number of carbonyl (C=O) groups is 1. The normalized spacial score (nSPS) is 23.1. The fourth-order valence-corrected chi connectivity index (χ4v) is 3.97. The van der Waals surface area contributed by atoms with Crippen LogP contribution in [0.1, 0.15) is 49.3 Å². The van der Waals surface area contributed by atoms with Crippen LogP contribution in [0.2, 0.25) is 0 Å². The monoisotopic (exact) mass is 331 g/mol. The maximum Gasteiger partial charge on any atom is 0.230 e. The van der Waals surface area contributed by atoms with Crippen molar-refractivity contribution in [3.05, 3.63) is 29.6 Å². The molecule has 5 heteroatoms. The Kier molecular flexibility index (Phi) is 5.72. The highest BCUT2D eigenvalue weighted by atomic mass is 16.5. The van der Waals surface area contributed by atoms with Gasteiger partial charge in [0.25, 0.3) is 0 Å². The number of aryl methyl sites for hydroxylation is 2. The number of hydrogen-bond acceptors (Lipinski definition) is 3. The second kappa shape index (κ2) is 7.97. The van der Waals surface area contributed by atoms with Gasteiger partial charge in [-0.3, -0.25) is 9.48 Å². The summed E-state index contributed by atoms with van der Waals surface area (Å²) in [6, 6.07) is 0. The molecule has 24 heavy (non-hydrogen) atoms. The third-order valence-electron chi connectivity index (χ3n) is 5.25. The Morgan fingerprint density at radius 2 is 2.29 bits per heavy atom. The molecular weight excluding hydrogens is 302 g/mol. The molecule has 2 aliphatic carbocycles. The number of carbonyl (C=O) groups excluding carboxylic acids is 1. The summed E-state index contributed by atoms with van der Waals surface area (Å²) in [5.74, 6) is 0.807. The molecule has 2 aliphatic rings. The van der Waals surface area contributed by atoms with E-state index < -0.39 is 0 Å². The molecule has 1 amide bonds. The van der Waals surface area contributed by atoms with Gasteiger partial charge in [-0.15, -0.1) is 0 Å². The van der Waals surface area contributed by atoms with Crippen LogP contribution in [0.15, 0.2) is 18.3 Å². The molecule has 0 bridgehead atoms. The molecule has 1 aromatic rings. The summed E-state index contributed by atoms with van der Waals surface area (Å²) < 4.78 is 7.10. The molecule has 0 saturated carbocycles. The van der Waals surface area contributed by atoms with Crippen LogP contribution in [-0.4, -0.2) is 47.4 Å². The van der Waals surface area contributed by atoms with E-state index in [0.717, 1.165) is 49.9 Å². The minimum Gasteiger partial charge on any atom is -0.383 e. The molecular formula is C19H29N3O2. The van der Waals surface area contributed by atoms with Crippen molar-refractivity contribution in [2.45, 2.75) is 44.4 Å². The first-order valence-corrected chi connectivity index (χ1v) is 9.14. The third kappa shape index (κ3) is 3.89. The number of ether oxygens (including phenoxy) is 1. The molecule has 1 heterocycles. The lowest BCUT2D eigenvalue weighted by Crippen LogP contribution is -2.41. The third-order valence-corrected chi connectivity index (χ3v) is 5.25. The second-order valence-electron chi connectivity index (χ2n) is 7.08. The molecule has 2 atom stereocenters. The number of hydrogen-bond donors (Lipinski definition) is 0. The minimum atomic E-state index is -0.0292. The summed E-state index contributed by atoms with van der Waals surface area (Å²) in [5.41, 5.74) is 2.24. The zero-order chi connectivity index (χ0) is 16.9. The van der Waals surface area contributed by atoms with Gasteiger partial charge in [0, 0.05) is 39.0 Å². The molecule has 132 valence electrons. The van der Waals surface area contributed by atoms with E-state index >= 15 is 0 Å². The smallest absolute Gasteiger partial charge is 0.230 e. The summed E-state index contributed by atoms with van der Waals surface area (Å²) in [4.78, 5) is 15.3. The first-order chi connectivity index (χ1) is 11.7. The Labute approximate surface area is 144 Å². The molecule has 0 unspecified atom stereocenters. The van der Waals surface area contributed by atoms with Gasteiger partial charge in [-0.1, -0.05) is 12.2 Å². The standard InChI is InChI=1S/C19H29N3O2/c1-21-14-17-16(9-6-10-18(17)20-21)19(23)22(11-12-24-2)13-15-7-4-3-5-8-15/h3-4,14-16H,5-13H2,1-2H3/t15-,16+/m1/s1. The van der Waals surface area contributed by atoms with Gasteiger partial charge in [0.2, 0.25) is 5.91 Å². The van der Waals surface area contributed by atoms with E-state index in [2.05, 4.69) is 17.3 Å². The Morgan fingerprint density at radius 1 is 1.42 bits per heavy atom. The number of fused-ring (bicyclic) bond motifs is 1. The highest BCUT2D eigenvalue weighted by Gasteiger charge is 2.32. The number of methoxy groups -OCH3 is 1. The predicted molar refractivity (Wildman–Crippen MR) is 93.8 cm³/mol. The lowest BCUT2D eigenvalue weighted by molar-refractivity contribution is -0.134. The van der Waals surface area contributed by atoms with Crippen molar-refractivity contribution in [1.82, 2.24) is 14.7 Å². The zero-order valence-electron chi connectivity index (χ0n) is 14.9. The quantitative estimate of drug-likeness (QED) is 0.753. The van der Waals surface area contributed by atoms with Crippen molar-refractivity contribution < 1.29 is 9.53 Å². The van der Waals surface area contributed by atoms with Gasteiger partial charge in [0.05, 0.1) is 18.2 Å². The van der Waals surface area contributed by atoms with E-state index in [0.29, 0.717) is 19.1 Å². The Bertz CT molecular complexity index is 593. The highest BCUT2D eigenvalue weighted by molar-refractivity contribution is 5.84. The van der Waals surface area contributed by atoms with Gasteiger partial charge >= 0.3 is 0 Å². The van der Waals surface area contributed by atoms with E-state index in [-0.39, 0.29) is 11.8 Å². The van der Waals surface area contributed by atoms with Gasteiger partial charge in [-0.2, -0.15) is 5.10 Å². The predicted octanol–water partition coefficient (Wildman–Crippen LogP) is 2.67. The Hall–Kier alpha value is -1.62. The average Bonchev–Trinajstić information content (AvgIpc) is 2.99. The summed E-state index contributed by atoms with van der Waals surface area (Å²) in [7, 11) is 3.64. The number of amides is 1. The number of rotatable bonds is 6. The molecule has 5 nitrogen and oxygen atoms in total. The van der Waals surface area contributed by atoms with Crippen molar-refractivity contribution in [3.8, 4) is 0 Å². The molecule has 3 rings (SSSR count). The Balaban J connectivity index is 1.74. The van der Waals surface area contributed by atoms with Crippen LogP contribution in [-0.2, 0) is 23.0 Å². The van der Waals surface area contributed by atoms with Crippen molar-refractivity contribution in [1.29, 1.82) is 0 Å². The molecule has 0 radical (unpaired) electrons. The minimum absolute atomic E-state index is 0.0292. The molecule has 0 N–H and O–H groups in total. The lowest BCUT2D eigenvalue weighted by Gasteiger charge is -2.32. The fraction of sp³-hybridized carbons (Fsp3) is 0.684. The molecule has 1 aromatic heterocycles. The van der Waals surface area contributed by atoms with E-state index in [1.165, 1.54) is 6.42 Å². The molecule has 0 saturated heterocycles. The van der Waals surface area contributed by atoms with Crippen LogP contribution in [0.4, 0.5) is 0 Å².